The molecule has 3 aromatic heterocycles. The van der Waals surface area contributed by atoms with Gasteiger partial charge in [0, 0.05) is 39.0 Å². The molecule has 0 aliphatic heterocycles. The van der Waals surface area contributed by atoms with Crippen molar-refractivity contribution in [3.63, 3.8) is 0 Å². The number of rotatable bonds is 4. The van der Waals surface area contributed by atoms with Gasteiger partial charge in [-0.25, -0.2) is 4.98 Å². The van der Waals surface area contributed by atoms with Crippen LogP contribution in [0.5, 0.6) is 0 Å². The summed E-state index contributed by atoms with van der Waals surface area (Å²) >= 11 is 0. The highest BCUT2D eigenvalue weighted by Gasteiger charge is 2.27. The molecule has 3 heteroatoms. The molecule has 0 saturated heterocycles. The summed E-state index contributed by atoms with van der Waals surface area (Å²) in [6.45, 7) is 8.73. The quantitative estimate of drug-likeness (QED) is 0.297. The maximum Gasteiger partial charge on any atom is 0.227 e. The molecule has 2 aromatic carbocycles. The van der Waals surface area contributed by atoms with Crippen molar-refractivity contribution in [3.05, 3.63) is 71.0 Å². The Labute approximate surface area is 188 Å². The number of pyridine rings is 2. The molecule has 3 heterocycles. The Morgan fingerprint density at radius 2 is 1.75 bits per heavy atom. The fourth-order valence-corrected chi connectivity index (χ4v) is 4.94. The van der Waals surface area contributed by atoms with Crippen molar-refractivity contribution in [1.29, 1.82) is 0 Å². The van der Waals surface area contributed by atoms with Crippen LogP contribution in [0.15, 0.2) is 52.9 Å². The summed E-state index contributed by atoms with van der Waals surface area (Å²) in [6, 6.07) is 17.6. The molecule has 5 aromatic rings. The minimum atomic E-state index is 0.588. The van der Waals surface area contributed by atoms with Crippen molar-refractivity contribution < 1.29 is 4.42 Å². The molecule has 0 bridgehead atoms. The molecule has 32 heavy (non-hydrogen) atoms. The molecule has 1 aliphatic rings. The number of furan rings is 1. The molecule has 0 unspecified atom stereocenters. The molecule has 6 rings (SSSR count). The Kier molecular flexibility index (Phi) is 4.36. The van der Waals surface area contributed by atoms with Gasteiger partial charge in [0.25, 0.3) is 0 Å². The van der Waals surface area contributed by atoms with Gasteiger partial charge >= 0.3 is 0 Å². The number of benzene rings is 2. The van der Waals surface area contributed by atoms with E-state index in [4.69, 9.17) is 9.40 Å². The van der Waals surface area contributed by atoms with Crippen LogP contribution < -0.4 is 0 Å². The molecule has 0 atom stereocenters. The van der Waals surface area contributed by atoms with E-state index in [-0.39, 0.29) is 0 Å². The van der Waals surface area contributed by atoms with Crippen molar-refractivity contribution in [3.8, 4) is 11.3 Å². The van der Waals surface area contributed by atoms with Gasteiger partial charge in [0.2, 0.25) is 5.71 Å². The first kappa shape index (κ1) is 19.5. The van der Waals surface area contributed by atoms with Crippen LogP contribution in [0.3, 0.4) is 0 Å². The maximum absolute atomic E-state index is 6.38. The standard InChI is InChI=1S/C29H28N2O/c1-16(2)12-20-6-5-7-21-23(20)15-26(19-9-10-19)31-27(21)25-14-17(3)13-24-22-11-8-18(4)30-29(22)32-28(24)25/h5-8,11,13-16,19H,9-10,12H2,1-4H3. The van der Waals surface area contributed by atoms with Crippen molar-refractivity contribution in [2.24, 2.45) is 5.92 Å². The number of nitrogens with zero attached hydrogens (tertiary/aromatic N) is 2. The Hall–Kier alpha value is -3.20. The monoisotopic (exact) mass is 420 g/mol. The topological polar surface area (TPSA) is 38.9 Å². The van der Waals surface area contributed by atoms with E-state index in [1.807, 2.05) is 6.92 Å². The summed E-state index contributed by atoms with van der Waals surface area (Å²) in [7, 11) is 0. The number of fused-ring (bicyclic) bond motifs is 4. The first-order chi connectivity index (χ1) is 15.5. The number of hydrogen-bond acceptors (Lipinski definition) is 3. The van der Waals surface area contributed by atoms with Crippen LogP contribution in [0.25, 0.3) is 44.1 Å². The lowest BCUT2D eigenvalue weighted by Gasteiger charge is -2.15. The van der Waals surface area contributed by atoms with Crippen LogP contribution in [0.2, 0.25) is 0 Å². The molecule has 1 saturated carbocycles. The smallest absolute Gasteiger partial charge is 0.227 e. The van der Waals surface area contributed by atoms with E-state index in [0.29, 0.717) is 17.5 Å². The molecule has 0 radical (unpaired) electrons. The highest BCUT2D eigenvalue weighted by Crippen LogP contribution is 2.44. The van der Waals surface area contributed by atoms with Crippen LogP contribution in [-0.4, -0.2) is 9.97 Å². The van der Waals surface area contributed by atoms with Crippen molar-refractivity contribution in [2.45, 2.75) is 52.9 Å². The first-order valence-electron chi connectivity index (χ1n) is 11.7. The number of hydrogen-bond donors (Lipinski definition) is 0. The predicted octanol–water partition coefficient (Wildman–Crippen LogP) is 7.89. The van der Waals surface area contributed by atoms with Crippen LogP contribution in [0.4, 0.5) is 0 Å². The third kappa shape index (κ3) is 3.19. The largest absolute Gasteiger partial charge is 0.437 e. The minimum Gasteiger partial charge on any atom is -0.437 e. The van der Waals surface area contributed by atoms with Crippen molar-refractivity contribution >= 4 is 32.8 Å². The average molecular weight is 421 g/mol. The maximum atomic E-state index is 6.38. The molecule has 0 spiro atoms. The lowest BCUT2D eigenvalue weighted by atomic mass is 9.93. The zero-order valence-electron chi connectivity index (χ0n) is 19.2. The van der Waals surface area contributed by atoms with Crippen molar-refractivity contribution in [2.75, 3.05) is 0 Å². The van der Waals surface area contributed by atoms with Gasteiger partial charge in [0.1, 0.15) is 5.58 Å². The molecule has 0 amide bonds. The second-order valence-electron chi connectivity index (χ2n) is 9.88. The fraction of sp³-hybridized carbons (Fsp3) is 0.310. The van der Waals surface area contributed by atoms with Gasteiger partial charge in [-0.1, -0.05) is 32.0 Å². The van der Waals surface area contributed by atoms with Gasteiger partial charge in [0.15, 0.2) is 0 Å². The lowest BCUT2D eigenvalue weighted by molar-refractivity contribution is 0.650. The molecule has 3 nitrogen and oxygen atoms in total. The van der Waals surface area contributed by atoms with Gasteiger partial charge in [0.05, 0.1) is 5.69 Å². The highest BCUT2D eigenvalue weighted by molar-refractivity contribution is 6.11. The van der Waals surface area contributed by atoms with Crippen LogP contribution in [-0.2, 0) is 6.42 Å². The highest BCUT2D eigenvalue weighted by atomic mass is 16.3. The second kappa shape index (κ2) is 7.16. The second-order valence-corrected chi connectivity index (χ2v) is 9.88. The fourth-order valence-electron chi connectivity index (χ4n) is 4.94. The molecule has 0 N–H and O–H groups in total. The van der Waals surface area contributed by atoms with Gasteiger partial charge in [-0.2, -0.15) is 0 Å². The Balaban J connectivity index is 1.70. The molecule has 1 fully saturated rings. The SMILES string of the molecule is Cc1cc(-c2nc(C3CC3)cc3c(CC(C)C)cccc23)c2oc3nc(C)ccc3c2c1. The molecule has 160 valence electrons. The van der Waals surface area contributed by atoms with E-state index in [1.165, 1.54) is 40.4 Å². The third-order valence-corrected chi connectivity index (χ3v) is 6.59. The summed E-state index contributed by atoms with van der Waals surface area (Å²) in [4.78, 5) is 9.91. The Bertz CT molecular complexity index is 1510. The summed E-state index contributed by atoms with van der Waals surface area (Å²) in [5.74, 6) is 1.20. The molecular formula is C29H28N2O. The minimum absolute atomic E-state index is 0.588. The Morgan fingerprint density at radius 3 is 2.53 bits per heavy atom. The number of aryl methyl sites for hydroxylation is 2. The molecule has 1 aliphatic carbocycles. The summed E-state index contributed by atoms with van der Waals surface area (Å²) in [5, 5.41) is 4.74. The van der Waals surface area contributed by atoms with Crippen LogP contribution >= 0.6 is 0 Å². The number of aromatic nitrogens is 2. The summed E-state index contributed by atoms with van der Waals surface area (Å²) in [6.07, 6.45) is 3.55. The van der Waals surface area contributed by atoms with E-state index < -0.39 is 0 Å². The predicted molar refractivity (Wildman–Crippen MR) is 132 cm³/mol. The molecular weight excluding hydrogens is 392 g/mol. The van der Waals surface area contributed by atoms with E-state index in [1.54, 1.807) is 0 Å². The van der Waals surface area contributed by atoms with Gasteiger partial charge in [-0.05, 0) is 85.9 Å². The zero-order valence-corrected chi connectivity index (χ0v) is 19.2. The van der Waals surface area contributed by atoms with Crippen LogP contribution in [0.1, 0.15) is 55.1 Å². The summed E-state index contributed by atoms with van der Waals surface area (Å²) in [5.41, 5.74) is 8.52. The Morgan fingerprint density at radius 1 is 0.906 bits per heavy atom. The van der Waals surface area contributed by atoms with E-state index in [9.17, 15) is 0 Å². The van der Waals surface area contributed by atoms with E-state index in [2.05, 4.69) is 74.3 Å². The average Bonchev–Trinajstić information content (AvgIpc) is 3.54. The van der Waals surface area contributed by atoms with Crippen molar-refractivity contribution in [1.82, 2.24) is 9.97 Å². The van der Waals surface area contributed by atoms with Crippen LogP contribution in [0, 0.1) is 19.8 Å². The zero-order chi connectivity index (χ0) is 22.0. The van der Waals surface area contributed by atoms with E-state index >= 15 is 0 Å². The third-order valence-electron chi connectivity index (χ3n) is 6.59. The first-order valence-corrected chi connectivity index (χ1v) is 11.7. The van der Waals surface area contributed by atoms with Gasteiger partial charge in [-0.3, -0.25) is 4.98 Å². The van der Waals surface area contributed by atoms with E-state index in [0.717, 1.165) is 39.7 Å². The lowest BCUT2D eigenvalue weighted by Crippen LogP contribution is -1.99. The summed E-state index contributed by atoms with van der Waals surface area (Å²) < 4.78 is 6.38. The normalized spacial score (nSPS) is 14.3. The van der Waals surface area contributed by atoms with Gasteiger partial charge < -0.3 is 4.42 Å². The van der Waals surface area contributed by atoms with Gasteiger partial charge in [-0.15, -0.1) is 0 Å².